The molecule has 0 aromatic heterocycles. The molecule has 0 aliphatic carbocycles. The monoisotopic (exact) mass is 858 g/mol. The highest BCUT2D eigenvalue weighted by atomic mass is 28.5. The van der Waals surface area contributed by atoms with Crippen molar-refractivity contribution in [2.24, 2.45) is 0 Å². The van der Waals surface area contributed by atoms with Crippen LogP contribution in [0.5, 0.6) is 0 Å². The van der Waals surface area contributed by atoms with Gasteiger partial charge in [-0.25, -0.2) is 19.2 Å². The third-order valence-electron chi connectivity index (χ3n) is 8.54. The van der Waals surface area contributed by atoms with E-state index in [0.29, 0.717) is 92.9 Å². The highest BCUT2D eigenvalue weighted by Gasteiger charge is 2.56. The minimum Gasteiger partial charge on any atom is -0.462 e. The van der Waals surface area contributed by atoms with Crippen LogP contribution in [-0.2, 0) is 55.2 Å². The molecular formula is C40H74O12Si4. The fraction of sp³-hybridized carbons (Fsp3) is 0.700. The molecule has 0 N–H and O–H groups in total. The van der Waals surface area contributed by atoms with Gasteiger partial charge in [0, 0.05) is 48.0 Å². The van der Waals surface area contributed by atoms with Crippen molar-refractivity contribution in [2.75, 3.05) is 39.6 Å². The fourth-order valence-electron chi connectivity index (χ4n) is 5.96. The maximum absolute atomic E-state index is 12.3. The maximum Gasteiger partial charge on any atom is 0.469 e. The molecule has 0 aliphatic heterocycles. The van der Waals surface area contributed by atoms with E-state index in [4.69, 9.17) is 36.0 Å². The molecular weight excluding hydrogens is 785 g/mol. The molecule has 0 saturated carbocycles. The molecule has 0 atom stereocenters. The summed E-state index contributed by atoms with van der Waals surface area (Å²) in [7, 11) is -10.9. The standard InChI is InChI=1S/C40H74O12Si4/c1-32(2)36(41)46-27-17-22-40(23-18-28-47-37(42)33(3)4,24-19-29-48-38(43)34(5)6)55(15,16)52-56(50-53(9,10)11,51-54(12,13)14)31-21-26-45-25-20-30-49-39(44)35(7)8/h1,3,5,7,17-31H2,2,4,6,8-16H3. The molecule has 0 amide bonds. The molecule has 0 fully saturated rings. The maximum atomic E-state index is 12.3. The zero-order valence-electron chi connectivity index (χ0n) is 36.8. The molecule has 0 radical (unpaired) electrons. The summed E-state index contributed by atoms with van der Waals surface area (Å²) >= 11 is 0. The lowest BCUT2D eigenvalue weighted by Gasteiger charge is -2.51. The summed E-state index contributed by atoms with van der Waals surface area (Å²) in [5.41, 5.74) is 1.33. The molecule has 322 valence electrons. The van der Waals surface area contributed by atoms with Crippen LogP contribution >= 0.6 is 0 Å². The molecule has 0 bridgehead atoms. The van der Waals surface area contributed by atoms with Crippen LogP contribution in [-0.4, -0.2) is 97.3 Å². The fourth-order valence-corrected chi connectivity index (χ4v) is 23.2. The minimum atomic E-state index is -3.42. The molecule has 16 heteroatoms. The Hall–Kier alpha value is -2.45. The van der Waals surface area contributed by atoms with Gasteiger partial charge in [-0.05, 0) is 130 Å². The van der Waals surface area contributed by atoms with E-state index < -0.39 is 62.7 Å². The highest BCUT2D eigenvalue weighted by molar-refractivity contribution is 6.91. The van der Waals surface area contributed by atoms with E-state index in [1.807, 2.05) is 0 Å². The SMILES string of the molecule is C=C(C)C(=O)OCCCOCCC[Si](O[Si](C)(C)C)(O[Si](C)(C)C)O[Si](C)(C)C(CCCOC(=O)C(=C)C)(CCCOC(=O)C(=C)C)CCCOC(=O)C(=C)C. The summed E-state index contributed by atoms with van der Waals surface area (Å²) < 4.78 is 49.6. The van der Waals surface area contributed by atoms with Gasteiger partial charge in [-0.1, -0.05) is 26.3 Å². The smallest absolute Gasteiger partial charge is 0.462 e. The van der Waals surface area contributed by atoms with E-state index in [0.717, 1.165) is 0 Å². The Balaban J connectivity index is 6.82. The van der Waals surface area contributed by atoms with Crippen molar-refractivity contribution in [2.45, 2.75) is 143 Å². The van der Waals surface area contributed by atoms with Gasteiger partial charge in [0.25, 0.3) is 0 Å². The van der Waals surface area contributed by atoms with Crippen molar-refractivity contribution in [3.63, 3.8) is 0 Å². The molecule has 12 nitrogen and oxygen atoms in total. The number of rotatable bonds is 31. The second-order valence-electron chi connectivity index (χ2n) is 17.0. The third kappa shape index (κ3) is 22.5. The average molecular weight is 859 g/mol. The average Bonchev–Trinajstić information content (AvgIpc) is 3.04. The van der Waals surface area contributed by atoms with Crippen LogP contribution in [0.1, 0.15) is 79.1 Å². The highest BCUT2D eigenvalue weighted by Crippen LogP contribution is 2.53. The molecule has 0 aromatic rings. The molecule has 0 unspecified atom stereocenters. The van der Waals surface area contributed by atoms with Gasteiger partial charge in [0.15, 0.2) is 25.0 Å². The summed E-state index contributed by atoms with van der Waals surface area (Å²) in [4.78, 5) is 48.7. The van der Waals surface area contributed by atoms with Gasteiger partial charge in [0.2, 0.25) is 0 Å². The van der Waals surface area contributed by atoms with Crippen molar-refractivity contribution < 1.29 is 55.2 Å². The van der Waals surface area contributed by atoms with Crippen LogP contribution in [0.15, 0.2) is 48.6 Å². The van der Waals surface area contributed by atoms with Crippen molar-refractivity contribution >= 4 is 57.6 Å². The summed E-state index contributed by atoms with van der Waals surface area (Å²) in [5, 5.41) is -0.477. The Morgan fingerprint density at radius 1 is 0.446 bits per heavy atom. The van der Waals surface area contributed by atoms with Crippen LogP contribution in [0.2, 0.25) is 63.5 Å². The quantitative estimate of drug-likeness (QED) is 0.0216. The summed E-state index contributed by atoms with van der Waals surface area (Å²) in [6, 6.07) is 0.543. The normalized spacial score (nSPS) is 12.4. The molecule has 0 aromatic carbocycles. The van der Waals surface area contributed by atoms with E-state index >= 15 is 0 Å². The van der Waals surface area contributed by atoms with Crippen molar-refractivity contribution in [3.05, 3.63) is 48.6 Å². The number of hydrogen-bond acceptors (Lipinski definition) is 12. The first-order valence-corrected chi connectivity index (χ1v) is 31.3. The Kier molecular flexibility index (Phi) is 24.0. The zero-order chi connectivity index (χ0) is 43.4. The lowest BCUT2D eigenvalue weighted by molar-refractivity contribution is -0.140. The summed E-state index contributed by atoms with van der Waals surface area (Å²) in [6.07, 6.45) is 4.71. The Morgan fingerprint density at radius 3 is 1.05 bits per heavy atom. The number of hydrogen-bond donors (Lipinski definition) is 0. The van der Waals surface area contributed by atoms with Gasteiger partial charge in [0.05, 0.1) is 26.4 Å². The lowest BCUT2D eigenvalue weighted by Crippen LogP contribution is -2.63. The van der Waals surface area contributed by atoms with Crippen LogP contribution < -0.4 is 0 Å². The number of carbonyl (C=O) groups is 4. The predicted octanol–water partition coefficient (Wildman–Crippen LogP) is 9.21. The minimum absolute atomic E-state index is 0.191. The molecule has 56 heavy (non-hydrogen) atoms. The first-order valence-electron chi connectivity index (χ1n) is 19.7. The van der Waals surface area contributed by atoms with Gasteiger partial charge in [-0.3, -0.25) is 0 Å². The molecule has 0 rings (SSSR count). The summed E-state index contributed by atoms with van der Waals surface area (Å²) in [6.45, 7) is 40.1. The second-order valence-corrected chi connectivity index (χ2v) is 33.9. The molecule has 0 heterocycles. The van der Waals surface area contributed by atoms with Crippen LogP contribution in [0.25, 0.3) is 0 Å². The van der Waals surface area contributed by atoms with Gasteiger partial charge in [-0.15, -0.1) is 0 Å². The first kappa shape index (κ1) is 53.5. The number of ether oxygens (including phenoxy) is 5. The van der Waals surface area contributed by atoms with Crippen LogP contribution in [0.3, 0.4) is 0 Å². The zero-order valence-corrected chi connectivity index (χ0v) is 40.8. The molecule has 0 saturated heterocycles. The van der Waals surface area contributed by atoms with E-state index in [2.05, 4.69) is 78.7 Å². The topological polar surface area (TPSA) is 142 Å². The van der Waals surface area contributed by atoms with E-state index in [1.165, 1.54) is 0 Å². The van der Waals surface area contributed by atoms with Gasteiger partial charge < -0.3 is 36.0 Å². The van der Waals surface area contributed by atoms with Crippen LogP contribution in [0, 0.1) is 0 Å². The molecule has 0 spiro atoms. The lowest BCUT2D eigenvalue weighted by atomic mass is 9.91. The van der Waals surface area contributed by atoms with Gasteiger partial charge in [0.1, 0.15) is 0 Å². The molecule has 0 aliphatic rings. The van der Waals surface area contributed by atoms with Gasteiger partial charge >= 0.3 is 32.7 Å². The predicted molar refractivity (Wildman–Crippen MR) is 232 cm³/mol. The Morgan fingerprint density at radius 2 is 0.750 bits per heavy atom. The van der Waals surface area contributed by atoms with E-state index in [1.54, 1.807) is 27.7 Å². The third-order valence-corrected chi connectivity index (χ3v) is 23.5. The number of esters is 4. The summed E-state index contributed by atoms with van der Waals surface area (Å²) in [5.74, 6) is -1.76. The van der Waals surface area contributed by atoms with E-state index in [-0.39, 0.29) is 26.4 Å². The Labute approximate surface area is 342 Å². The largest absolute Gasteiger partial charge is 0.469 e. The Bertz CT molecular complexity index is 1250. The van der Waals surface area contributed by atoms with Crippen LogP contribution in [0.4, 0.5) is 0 Å². The van der Waals surface area contributed by atoms with Gasteiger partial charge in [-0.2, -0.15) is 0 Å². The number of carbonyl (C=O) groups excluding carboxylic acids is 4. The van der Waals surface area contributed by atoms with Crippen molar-refractivity contribution in [1.82, 2.24) is 0 Å². The second kappa shape index (κ2) is 25.1. The van der Waals surface area contributed by atoms with Crippen molar-refractivity contribution in [3.8, 4) is 0 Å². The van der Waals surface area contributed by atoms with E-state index in [9.17, 15) is 19.2 Å². The first-order chi connectivity index (χ1) is 25.7. The van der Waals surface area contributed by atoms with Crippen molar-refractivity contribution in [1.29, 1.82) is 0 Å².